The van der Waals surface area contributed by atoms with Gasteiger partial charge in [0.15, 0.2) is 0 Å². The lowest BCUT2D eigenvalue weighted by Crippen LogP contribution is -2.30. The number of hydrogen-bond acceptors (Lipinski definition) is 5. The maximum atomic E-state index is 11.8. The van der Waals surface area contributed by atoms with Crippen LogP contribution in [0.2, 0.25) is 0 Å². The molecule has 0 unspecified atom stereocenters. The van der Waals surface area contributed by atoms with Crippen LogP contribution in [-0.4, -0.2) is 48.6 Å². The van der Waals surface area contributed by atoms with E-state index in [1.54, 1.807) is 25.3 Å². The molecule has 0 aliphatic carbocycles. The van der Waals surface area contributed by atoms with E-state index in [1.807, 2.05) is 0 Å². The van der Waals surface area contributed by atoms with Crippen LogP contribution in [0, 0.1) is 0 Å². The summed E-state index contributed by atoms with van der Waals surface area (Å²) in [6.45, 7) is 10.3. The largest absolute Gasteiger partial charge is 0.462 e. The van der Waals surface area contributed by atoms with Crippen molar-refractivity contribution in [3.05, 3.63) is 23.9 Å². The van der Waals surface area contributed by atoms with Crippen LogP contribution in [0.3, 0.4) is 0 Å². The molecule has 1 aromatic heterocycles. The second kappa shape index (κ2) is 9.31. The van der Waals surface area contributed by atoms with E-state index in [0.29, 0.717) is 18.0 Å². The Morgan fingerprint density at radius 2 is 2.15 bits per heavy atom. The molecule has 112 valence electrons. The van der Waals surface area contributed by atoms with E-state index in [4.69, 9.17) is 4.74 Å². The molecule has 5 heteroatoms. The predicted octanol–water partition coefficient (Wildman–Crippen LogP) is 2.40. The molecule has 0 saturated heterocycles. The average Bonchev–Trinajstić information content (AvgIpc) is 2.47. The number of aromatic nitrogens is 1. The highest BCUT2D eigenvalue weighted by atomic mass is 16.5. The van der Waals surface area contributed by atoms with Gasteiger partial charge in [0, 0.05) is 19.3 Å². The van der Waals surface area contributed by atoms with Crippen LogP contribution in [-0.2, 0) is 4.74 Å². The molecular weight excluding hydrogens is 254 g/mol. The summed E-state index contributed by atoms with van der Waals surface area (Å²) in [4.78, 5) is 18.4. The zero-order valence-corrected chi connectivity index (χ0v) is 12.7. The summed E-state index contributed by atoms with van der Waals surface area (Å²) < 4.78 is 5.03. The van der Waals surface area contributed by atoms with E-state index in [-0.39, 0.29) is 5.97 Å². The van der Waals surface area contributed by atoms with E-state index in [0.717, 1.165) is 32.6 Å². The van der Waals surface area contributed by atoms with Crippen molar-refractivity contribution in [2.45, 2.75) is 27.2 Å². The van der Waals surface area contributed by atoms with Crippen molar-refractivity contribution in [2.24, 2.45) is 0 Å². The Morgan fingerprint density at radius 3 is 2.80 bits per heavy atom. The van der Waals surface area contributed by atoms with Gasteiger partial charge >= 0.3 is 5.97 Å². The number of rotatable bonds is 9. The van der Waals surface area contributed by atoms with Crippen molar-refractivity contribution in [3.8, 4) is 0 Å². The number of nitrogens with zero attached hydrogens (tertiary/aromatic N) is 2. The summed E-state index contributed by atoms with van der Waals surface area (Å²) in [7, 11) is 0. The van der Waals surface area contributed by atoms with Gasteiger partial charge in [-0.3, -0.25) is 0 Å². The first-order chi connectivity index (χ1) is 9.72. The molecule has 1 heterocycles. The molecule has 0 spiro atoms. The molecule has 0 atom stereocenters. The van der Waals surface area contributed by atoms with E-state index in [2.05, 4.69) is 29.0 Å². The van der Waals surface area contributed by atoms with E-state index in [9.17, 15) is 4.79 Å². The predicted molar refractivity (Wildman–Crippen MR) is 81.1 cm³/mol. The minimum atomic E-state index is -0.330. The molecule has 0 bridgehead atoms. The second-order valence-corrected chi connectivity index (χ2v) is 4.48. The summed E-state index contributed by atoms with van der Waals surface area (Å²) in [5.41, 5.74) is 0.493. The van der Waals surface area contributed by atoms with E-state index < -0.39 is 0 Å². The van der Waals surface area contributed by atoms with Gasteiger partial charge in [0.1, 0.15) is 11.4 Å². The Labute approximate surface area is 121 Å². The summed E-state index contributed by atoms with van der Waals surface area (Å²) in [6.07, 6.45) is 2.82. The standard InChI is InChI=1S/C15H25N3O2/c1-4-11-18(5-2)12-10-17-14-13(8-7-9-16-14)15(19)20-6-3/h7-9H,4-6,10-12H2,1-3H3,(H,16,17). The van der Waals surface area contributed by atoms with Crippen molar-refractivity contribution in [3.63, 3.8) is 0 Å². The van der Waals surface area contributed by atoms with Crippen LogP contribution in [0.1, 0.15) is 37.6 Å². The lowest BCUT2D eigenvalue weighted by Gasteiger charge is -2.20. The molecule has 1 N–H and O–H groups in total. The number of pyridine rings is 1. The van der Waals surface area contributed by atoms with Gasteiger partial charge in [0.25, 0.3) is 0 Å². The van der Waals surface area contributed by atoms with Crippen molar-refractivity contribution in [1.29, 1.82) is 0 Å². The quantitative estimate of drug-likeness (QED) is 0.703. The van der Waals surface area contributed by atoms with E-state index >= 15 is 0 Å². The van der Waals surface area contributed by atoms with Crippen molar-refractivity contribution in [1.82, 2.24) is 9.88 Å². The molecule has 0 aliphatic rings. The molecule has 0 aliphatic heterocycles. The molecule has 1 aromatic rings. The SMILES string of the molecule is CCCN(CC)CCNc1ncccc1C(=O)OCC. The minimum absolute atomic E-state index is 0.330. The summed E-state index contributed by atoms with van der Waals surface area (Å²) >= 11 is 0. The number of hydrogen-bond donors (Lipinski definition) is 1. The number of nitrogens with one attached hydrogen (secondary N) is 1. The van der Waals surface area contributed by atoms with Gasteiger partial charge in [-0.2, -0.15) is 0 Å². The highest BCUT2D eigenvalue weighted by Gasteiger charge is 2.12. The van der Waals surface area contributed by atoms with Gasteiger partial charge in [-0.25, -0.2) is 9.78 Å². The highest BCUT2D eigenvalue weighted by molar-refractivity contribution is 5.94. The van der Waals surface area contributed by atoms with Gasteiger partial charge in [0.05, 0.1) is 6.61 Å². The lowest BCUT2D eigenvalue weighted by molar-refractivity contribution is 0.0527. The third-order valence-corrected chi connectivity index (χ3v) is 3.01. The summed E-state index contributed by atoms with van der Waals surface area (Å²) in [5, 5.41) is 3.22. The van der Waals surface area contributed by atoms with Crippen LogP contribution >= 0.6 is 0 Å². The van der Waals surface area contributed by atoms with Crippen molar-refractivity contribution < 1.29 is 9.53 Å². The van der Waals surface area contributed by atoms with E-state index in [1.165, 1.54) is 0 Å². The first-order valence-electron chi connectivity index (χ1n) is 7.31. The minimum Gasteiger partial charge on any atom is -0.462 e. The van der Waals surface area contributed by atoms with Gasteiger partial charge in [-0.15, -0.1) is 0 Å². The molecule has 0 amide bonds. The van der Waals surface area contributed by atoms with Crippen LogP contribution in [0.15, 0.2) is 18.3 Å². The number of carbonyl (C=O) groups excluding carboxylic acids is 1. The second-order valence-electron chi connectivity index (χ2n) is 4.48. The number of likely N-dealkylation sites (N-methyl/N-ethyl adjacent to an activating group) is 1. The Bertz CT molecular complexity index is 410. The molecule has 1 rings (SSSR count). The van der Waals surface area contributed by atoms with Gasteiger partial charge < -0.3 is 15.0 Å². The Balaban J connectivity index is 2.57. The van der Waals surface area contributed by atoms with Crippen LogP contribution in [0.4, 0.5) is 5.82 Å². The monoisotopic (exact) mass is 279 g/mol. The molecule has 0 aromatic carbocycles. The molecular formula is C15H25N3O2. The van der Waals surface area contributed by atoms with Gasteiger partial charge in [-0.05, 0) is 38.6 Å². The maximum Gasteiger partial charge on any atom is 0.341 e. The third kappa shape index (κ3) is 5.17. The highest BCUT2D eigenvalue weighted by Crippen LogP contribution is 2.12. The first-order valence-corrected chi connectivity index (χ1v) is 7.31. The summed E-state index contributed by atoms with van der Waals surface area (Å²) in [5.74, 6) is 0.266. The first kappa shape index (κ1) is 16.4. The molecule has 20 heavy (non-hydrogen) atoms. The zero-order chi connectivity index (χ0) is 14.8. The zero-order valence-electron chi connectivity index (χ0n) is 12.7. The fourth-order valence-corrected chi connectivity index (χ4v) is 2.00. The fourth-order valence-electron chi connectivity index (χ4n) is 2.00. The van der Waals surface area contributed by atoms with Crippen molar-refractivity contribution >= 4 is 11.8 Å². The Kier molecular flexibility index (Phi) is 7.65. The maximum absolute atomic E-state index is 11.8. The molecule has 0 radical (unpaired) electrons. The van der Waals surface area contributed by atoms with Gasteiger partial charge in [0.2, 0.25) is 0 Å². The Morgan fingerprint density at radius 1 is 1.35 bits per heavy atom. The fraction of sp³-hybridized carbons (Fsp3) is 0.600. The number of ether oxygens (including phenoxy) is 1. The molecule has 5 nitrogen and oxygen atoms in total. The summed E-state index contributed by atoms with van der Waals surface area (Å²) in [6, 6.07) is 3.48. The normalized spacial score (nSPS) is 10.6. The smallest absolute Gasteiger partial charge is 0.341 e. The number of carbonyl (C=O) groups is 1. The van der Waals surface area contributed by atoms with Crippen molar-refractivity contribution in [2.75, 3.05) is 38.1 Å². The number of anilines is 1. The van der Waals surface area contributed by atoms with Crippen LogP contribution in [0.5, 0.6) is 0 Å². The van der Waals surface area contributed by atoms with Gasteiger partial charge in [-0.1, -0.05) is 13.8 Å². The lowest BCUT2D eigenvalue weighted by atomic mass is 10.2. The molecule has 0 fully saturated rings. The van der Waals surface area contributed by atoms with Crippen LogP contribution in [0.25, 0.3) is 0 Å². The number of esters is 1. The third-order valence-electron chi connectivity index (χ3n) is 3.01. The topological polar surface area (TPSA) is 54.5 Å². The molecule has 0 saturated carbocycles. The average molecular weight is 279 g/mol. The van der Waals surface area contributed by atoms with Crippen LogP contribution < -0.4 is 5.32 Å². The Hall–Kier alpha value is -1.62.